The van der Waals surface area contributed by atoms with Crippen LogP contribution in [0.3, 0.4) is 0 Å². The first-order valence-electron chi connectivity index (χ1n) is 5.70. The molecule has 0 aromatic heterocycles. The number of ketones is 1. The van der Waals surface area contributed by atoms with Gasteiger partial charge in [0.05, 0.1) is 0 Å². The minimum atomic E-state index is -0.344. The summed E-state index contributed by atoms with van der Waals surface area (Å²) in [6, 6.07) is 10.0. The summed E-state index contributed by atoms with van der Waals surface area (Å²) < 4.78 is 14.8. The molecule has 2 aromatic rings. The third kappa shape index (κ3) is 3.51. The van der Waals surface area contributed by atoms with Crippen LogP contribution in [0.1, 0.15) is 21.5 Å². The fourth-order valence-electron chi connectivity index (χ4n) is 1.90. The van der Waals surface area contributed by atoms with Crippen LogP contribution in [0.25, 0.3) is 0 Å². The predicted molar refractivity (Wildman–Crippen MR) is 81.0 cm³/mol. The van der Waals surface area contributed by atoms with Crippen LogP contribution in [0.2, 0.25) is 0 Å². The summed E-state index contributed by atoms with van der Waals surface area (Å²) in [6.07, 6.45) is 0.188. The van der Waals surface area contributed by atoms with Crippen molar-refractivity contribution in [3.63, 3.8) is 0 Å². The maximum Gasteiger partial charge on any atom is 0.167 e. The van der Waals surface area contributed by atoms with Gasteiger partial charge in [-0.1, -0.05) is 44.0 Å². The molecule has 0 radical (unpaired) electrons. The van der Waals surface area contributed by atoms with Crippen LogP contribution in [0.5, 0.6) is 0 Å². The van der Waals surface area contributed by atoms with E-state index in [9.17, 15) is 9.18 Å². The van der Waals surface area contributed by atoms with Crippen LogP contribution >= 0.6 is 31.9 Å². The van der Waals surface area contributed by atoms with Crippen LogP contribution in [0.15, 0.2) is 45.3 Å². The first-order chi connectivity index (χ1) is 8.97. The van der Waals surface area contributed by atoms with Crippen molar-refractivity contribution < 1.29 is 9.18 Å². The largest absolute Gasteiger partial charge is 0.294 e. The topological polar surface area (TPSA) is 17.1 Å². The summed E-state index contributed by atoms with van der Waals surface area (Å²) in [6.45, 7) is 1.89. The van der Waals surface area contributed by atoms with E-state index in [1.165, 1.54) is 12.1 Å². The first-order valence-corrected chi connectivity index (χ1v) is 7.29. The third-order valence-electron chi connectivity index (χ3n) is 2.86. The molecule has 0 spiro atoms. The summed E-state index contributed by atoms with van der Waals surface area (Å²) in [5, 5.41) is 0. The summed E-state index contributed by atoms with van der Waals surface area (Å²) in [4.78, 5) is 12.3. The zero-order chi connectivity index (χ0) is 14.0. The lowest BCUT2D eigenvalue weighted by molar-refractivity contribution is 0.0992. The standard InChI is InChI=1S/C15H11Br2FO/c1-9-13(3-2-4-14(9)17)15(19)7-10-5-11(16)8-12(18)6-10/h2-6,8H,7H2,1H3. The van der Waals surface area contributed by atoms with Gasteiger partial charge in [-0.2, -0.15) is 0 Å². The van der Waals surface area contributed by atoms with E-state index in [-0.39, 0.29) is 18.0 Å². The Balaban J connectivity index is 2.28. The number of halogens is 3. The Morgan fingerprint density at radius 1 is 1.21 bits per heavy atom. The second-order valence-electron chi connectivity index (χ2n) is 4.29. The molecule has 0 atom stereocenters. The van der Waals surface area contributed by atoms with Crippen LogP contribution in [-0.2, 0) is 6.42 Å². The van der Waals surface area contributed by atoms with E-state index in [1.807, 2.05) is 19.1 Å². The van der Waals surface area contributed by atoms with Gasteiger partial charge < -0.3 is 0 Å². The van der Waals surface area contributed by atoms with E-state index >= 15 is 0 Å². The maximum atomic E-state index is 13.3. The monoisotopic (exact) mass is 384 g/mol. The lowest BCUT2D eigenvalue weighted by Crippen LogP contribution is -2.06. The number of benzene rings is 2. The molecule has 1 nitrogen and oxygen atoms in total. The van der Waals surface area contributed by atoms with Crippen LogP contribution in [-0.4, -0.2) is 5.78 Å². The Morgan fingerprint density at radius 3 is 2.63 bits per heavy atom. The molecule has 0 saturated carbocycles. The van der Waals surface area contributed by atoms with E-state index in [4.69, 9.17) is 0 Å². The van der Waals surface area contributed by atoms with Crippen LogP contribution < -0.4 is 0 Å². The van der Waals surface area contributed by atoms with E-state index in [2.05, 4.69) is 31.9 Å². The van der Waals surface area contributed by atoms with Gasteiger partial charge in [-0.25, -0.2) is 4.39 Å². The zero-order valence-corrected chi connectivity index (χ0v) is 13.4. The van der Waals surface area contributed by atoms with Crippen molar-refractivity contribution in [2.75, 3.05) is 0 Å². The van der Waals surface area contributed by atoms with Gasteiger partial charge in [0, 0.05) is 20.9 Å². The Morgan fingerprint density at radius 2 is 1.95 bits per heavy atom. The van der Waals surface area contributed by atoms with Crippen molar-refractivity contribution in [1.82, 2.24) is 0 Å². The summed E-state index contributed by atoms with van der Waals surface area (Å²) in [5.74, 6) is -0.362. The van der Waals surface area contributed by atoms with Crippen LogP contribution in [0, 0.1) is 12.7 Å². The molecule has 0 aliphatic rings. The average molecular weight is 386 g/mol. The number of Topliss-reactive ketones (excluding diaryl/α,β-unsaturated/α-hetero) is 1. The number of rotatable bonds is 3. The number of hydrogen-bond acceptors (Lipinski definition) is 1. The molecule has 2 rings (SSSR count). The molecule has 2 aromatic carbocycles. The van der Waals surface area contributed by atoms with Gasteiger partial charge >= 0.3 is 0 Å². The smallest absolute Gasteiger partial charge is 0.167 e. The molecular formula is C15H11Br2FO. The van der Waals surface area contributed by atoms with E-state index < -0.39 is 0 Å². The van der Waals surface area contributed by atoms with E-state index in [0.717, 1.165) is 10.0 Å². The van der Waals surface area contributed by atoms with Crippen molar-refractivity contribution in [2.24, 2.45) is 0 Å². The molecular weight excluding hydrogens is 375 g/mol. The van der Waals surface area contributed by atoms with E-state index in [1.54, 1.807) is 12.1 Å². The molecule has 0 bridgehead atoms. The molecule has 0 unspecified atom stereocenters. The molecule has 0 saturated heterocycles. The highest BCUT2D eigenvalue weighted by atomic mass is 79.9. The lowest BCUT2D eigenvalue weighted by Gasteiger charge is -2.07. The Hall–Kier alpha value is -1.00. The highest BCUT2D eigenvalue weighted by molar-refractivity contribution is 9.10. The minimum Gasteiger partial charge on any atom is -0.294 e. The molecule has 0 aliphatic carbocycles. The molecule has 4 heteroatoms. The molecule has 0 aliphatic heterocycles. The number of carbonyl (C=O) groups is 1. The Bertz CT molecular complexity index is 618. The fourth-order valence-corrected chi connectivity index (χ4v) is 2.78. The fraction of sp³-hybridized carbons (Fsp3) is 0.133. The van der Waals surface area contributed by atoms with Gasteiger partial charge in [0.25, 0.3) is 0 Å². The average Bonchev–Trinajstić information content (AvgIpc) is 2.31. The minimum absolute atomic E-state index is 0.0173. The quantitative estimate of drug-likeness (QED) is 0.673. The van der Waals surface area contributed by atoms with Crippen molar-refractivity contribution >= 4 is 37.6 Å². The van der Waals surface area contributed by atoms with Crippen molar-refractivity contribution in [3.8, 4) is 0 Å². The Labute approximate surface area is 128 Å². The van der Waals surface area contributed by atoms with Gasteiger partial charge in [0.1, 0.15) is 5.82 Å². The van der Waals surface area contributed by atoms with Gasteiger partial charge in [0.2, 0.25) is 0 Å². The van der Waals surface area contributed by atoms with Crippen molar-refractivity contribution in [2.45, 2.75) is 13.3 Å². The maximum absolute atomic E-state index is 13.3. The normalized spacial score (nSPS) is 10.5. The molecule has 0 heterocycles. The molecule has 0 fully saturated rings. The number of carbonyl (C=O) groups excluding carboxylic acids is 1. The van der Waals surface area contributed by atoms with Gasteiger partial charge in [-0.05, 0) is 42.3 Å². The summed E-state index contributed by atoms with van der Waals surface area (Å²) >= 11 is 6.63. The molecule has 0 amide bonds. The predicted octanol–water partition coefficient (Wildman–Crippen LogP) is 5.08. The summed E-state index contributed by atoms with van der Waals surface area (Å²) in [7, 11) is 0. The second kappa shape index (κ2) is 5.97. The summed E-state index contributed by atoms with van der Waals surface area (Å²) in [5.41, 5.74) is 2.23. The van der Waals surface area contributed by atoms with Gasteiger partial charge in [0.15, 0.2) is 5.78 Å². The Kier molecular flexibility index (Phi) is 4.53. The third-order valence-corrected chi connectivity index (χ3v) is 4.17. The first kappa shape index (κ1) is 14.4. The van der Waals surface area contributed by atoms with Crippen molar-refractivity contribution in [3.05, 3.63) is 67.9 Å². The zero-order valence-electron chi connectivity index (χ0n) is 10.2. The lowest BCUT2D eigenvalue weighted by atomic mass is 9.99. The highest BCUT2D eigenvalue weighted by Crippen LogP contribution is 2.22. The van der Waals surface area contributed by atoms with E-state index in [0.29, 0.717) is 15.6 Å². The second-order valence-corrected chi connectivity index (χ2v) is 6.06. The molecule has 19 heavy (non-hydrogen) atoms. The number of hydrogen-bond donors (Lipinski definition) is 0. The van der Waals surface area contributed by atoms with Crippen LogP contribution in [0.4, 0.5) is 4.39 Å². The van der Waals surface area contributed by atoms with Crippen molar-refractivity contribution in [1.29, 1.82) is 0 Å². The molecule has 98 valence electrons. The van der Waals surface area contributed by atoms with Gasteiger partial charge in [-0.15, -0.1) is 0 Å². The SMILES string of the molecule is Cc1c(Br)cccc1C(=O)Cc1cc(F)cc(Br)c1. The highest BCUT2D eigenvalue weighted by Gasteiger charge is 2.12. The van der Waals surface area contributed by atoms with Gasteiger partial charge in [-0.3, -0.25) is 4.79 Å². The molecule has 0 N–H and O–H groups in total.